The van der Waals surface area contributed by atoms with Crippen molar-refractivity contribution >= 4 is 17.9 Å². The highest BCUT2D eigenvalue weighted by molar-refractivity contribution is 6.00. The highest BCUT2D eigenvalue weighted by atomic mass is 19.1. The molecule has 0 bridgehead atoms. The van der Waals surface area contributed by atoms with Crippen molar-refractivity contribution in [1.82, 2.24) is 5.48 Å². The average molecular weight is 378 g/mol. The molecule has 28 heavy (non-hydrogen) atoms. The Morgan fingerprint density at radius 1 is 1.11 bits per heavy atom. The third-order valence-electron chi connectivity index (χ3n) is 4.49. The van der Waals surface area contributed by atoms with Gasteiger partial charge in [-0.05, 0) is 41.0 Å². The number of hydrogen-bond donors (Lipinski definition) is 2. The van der Waals surface area contributed by atoms with Crippen molar-refractivity contribution < 1.29 is 19.2 Å². The number of hydroxylamine groups is 1. The summed E-state index contributed by atoms with van der Waals surface area (Å²) in [6, 6.07) is 19.0. The first-order chi connectivity index (χ1) is 13.5. The van der Waals surface area contributed by atoms with Crippen LogP contribution in [0, 0.1) is 5.82 Å². The maximum atomic E-state index is 13.9. The average Bonchev–Trinajstić information content (AvgIpc) is 2.73. The van der Waals surface area contributed by atoms with Gasteiger partial charge in [0.25, 0.3) is 5.91 Å². The Kier molecular flexibility index (Phi) is 5.81. The lowest BCUT2D eigenvalue weighted by atomic mass is 9.96. The molecule has 3 aromatic rings. The minimum atomic E-state index is -0.605. The smallest absolute Gasteiger partial charge is 0.275 e. The van der Waals surface area contributed by atoms with Gasteiger partial charge in [-0.3, -0.25) is 14.8 Å². The van der Waals surface area contributed by atoms with E-state index < -0.39 is 11.7 Å². The van der Waals surface area contributed by atoms with E-state index in [0.717, 1.165) is 11.1 Å². The highest BCUT2D eigenvalue weighted by Gasteiger charge is 2.15. The molecule has 0 heterocycles. The monoisotopic (exact) mass is 378 g/mol. The number of hydrogen-bond acceptors (Lipinski definition) is 4. The molecule has 142 valence electrons. The van der Waals surface area contributed by atoms with Crippen LogP contribution in [0.3, 0.4) is 0 Å². The van der Waals surface area contributed by atoms with Crippen molar-refractivity contribution in [3.63, 3.8) is 0 Å². The summed E-state index contributed by atoms with van der Waals surface area (Å²) in [7, 11) is 1.76. The molecule has 0 unspecified atom stereocenters. The summed E-state index contributed by atoms with van der Waals surface area (Å²) in [6.45, 7) is 0.394. The molecule has 1 amide bonds. The molecule has 0 spiro atoms. The number of anilines is 1. The van der Waals surface area contributed by atoms with E-state index in [2.05, 4.69) is 0 Å². The molecule has 0 saturated heterocycles. The summed E-state index contributed by atoms with van der Waals surface area (Å²) in [6.07, 6.45) is 0.505. The third-order valence-corrected chi connectivity index (χ3v) is 4.49. The summed E-state index contributed by atoms with van der Waals surface area (Å²) in [5.74, 6) is -1.17. The standard InChI is InChI=1S/C22H19FN2O3/c1-25(21-9-5-8-20(23)19(21)14-26)13-15-10-11-17(22(27)24-28)18(12-15)16-6-3-2-4-7-16/h2-12,14,28H,13H2,1H3,(H,24,27). The lowest BCUT2D eigenvalue weighted by molar-refractivity contribution is 0.0707. The van der Waals surface area contributed by atoms with E-state index in [1.807, 2.05) is 36.4 Å². The number of nitrogens with one attached hydrogen (secondary N) is 1. The van der Waals surface area contributed by atoms with Crippen LogP contribution in [0.25, 0.3) is 11.1 Å². The normalized spacial score (nSPS) is 10.4. The number of amides is 1. The van der Waals surface area contributed by atoms with Crippen LogP contribution in [-0.2, 0) is 6.54 Å². The molecular formula is C22H19FN2O3. The van der Waals surface area contributed by atoms with Crippen LogP contribution in [0.2, 0.25) is 0 Å². The van der Waals surface area contributed by atoms with Crippen molar-refractivity contribution in [1.29, 1.82) is 0 Å². The van der Waals surface area contributed by atoms with Crippen molar-refractivity contribution in [2.75, 3.05) is 11.9 Å². The molecule has 5 nitrogen and oxygen atoms in total. The fourth-order valence-electron chi connectivity index (χ4n) is 3.14. The van der Waals surface area contributed by atoms with Gasteiger partial charge in [0.15, 0.2) is 6.29 Å². The molecule has 3 rings (SSSR count). The van der Waals surface area contributed by atoms with Gasteiger partial charge in [-0.2, -0.15) is 0 Å². The van der Waals surface area contributed by atoms with Crippen LogP contribution in [0.5, 0.6) is 0 Å². The molecule has 0 aliphatic carbocycles. The number of benzene rings is 3. The fraction of sp³-hybridized carbons (Fsp3) is 0.0909. The second-order valence-corrected chi connectivity index (χ2v) is 6.33. The Labute approximate surface area is 162 Å². The molecule has 0 aliphatic rings. The van der Waals surface area contributed by atoms with Crippen molar-refractivity contribution in [2.24, 2.45) is 0 Å². The Hall–Kier alpha value is -3.51. The fourth-order valence-corrected chi connectivity index (χ4v) is 3.14. The van der Waals surface area contributed by atoms with E-state index in [4.69, 9.17) is 5.21 Å². The van der Waals surface area contributed by atoms with Gasteiger partial charge in [-0.1, -0.05) is 42.5 Å². The van der Waals surface area contributed by atoms with E-state index in [1.54, 1.807) is 41.7 Å². The first-order valence-corrected chi connectivity index (χ1v) is 8.62. The van der Waals surface area contributed by atoms with Crippen LogP contribution >= 0.6 is 0 Å². The van der Waals surface area contributed by atoms with E-state index in [-0.39, 0.29) is 5.56 Å². The molecular weight excluding hydrogens is 359 g/mol. The number of carbonyl (C=O) groups excluding carboxylic acids is 2. The number of halogens is 1. The molecule has 0 atom stereocenters. The van der Waals surface area contributed by atoms with E-state index >= 15 is 0 Å². The predicted octanol–water partition coefficient (Wildman–Crippen LogP) is 4.06. The van der Waals surface area contributed by atoms with Crippen molar-refractivity contribution in [3.8, 4) is 11.1 Å². The number of aldehydes is 1. The third kappa shape index (κ3) is 3.92. The van der Waals surface area contributed by atoms with E-state index in [9.17, 15) is 14.0 Å². The maximum Gasteiger partial charge on any atom is 0.275 e. The Morgan fingerprint density at radius 3 is 2.54 bits per heavy atom. The molecule has 0 saturated carbocycles. The van der Waals surface area contributed by atoms with Gasteiger partial charge < -0.3 is 4.90 Å². The summed E-state index contributed by atoms with van der Waals surface area (Å²) in [5.41, 5.74) is 4.83. The van der Waals surface area contributed by atoms with Crippen LogP contribution < -0.4 is 10.4 Å². The van der Waals surface area contributed by atoms with Crippen LogP contribution in [-0.4, -0.2) is 24.4 Å². The quantitative estimate of drug-likeness (QED) is 0.386. The first kappa shape index (κ1) is 19.3. The molecule has 3 aromatic carbocycles. The molecule has 0 radical (unpaired) electrons. The zero-order valence-corrected chi connectivity index (χ0v) is 15.2. The molecule has 0 aromatic heterocycles. The van der Waals surface area contributed by atoms with Gasteiger partial charge in [0.2, 0.25) is 0 Å². The van der Waals surface area contributed by atoms with Gasteiger partial charge in [-0.15, -0.1) is 0 Å². The molecule has 0 fully saturated rings. The summed E-state index contributed by atoms with van der Waals surface area (Å²) in [5, 5.41) is 9.03. The van der Waals surface area contributed by atoms with E-state index in [0.29, 0.717) is 29.6 Å². The minimum Gasteiger partial charge on any atom is -0.370 e. The topological polar surface area (TPSA) is 69.6 Å². The highest BCUT2D eigenvalue weighted by Crippen LogP contribution is 2.27. The summed E-state index contributed by atoms with van der Waals surface area (Å²) >= 11 is 0. The second kappa shape index (κ2) is 8.45. The van der Waals surface area contributed by atoms with Crippen LogP contribution in [0.1, 0.15) is 26.3 Å². The summed E-state index contributed by atoms with van der Waals surface area (Å²) < 4.78 is 13.9. The first-order valence-electron chi connectivity index (χ1n) is 8.62. The Balaban J connectivity index is 1.99. The zero-order chi connectivity index (χ0) is 20.1. The number of rotatable bonds is 6. The van der Waals surface area contributed by atoms with Crippen LogP contribution in [0.4, 0.5) is 10.1 Å². The van der Waals surface area contributed by atoms with E-state index in [1.165, 1.54) is 6.07 Å². The lowest BCUT2D eigenvalue weighted by Crippen LogP contribution is -2.21. The Bertz CT molecular complexity index is 1010. The predicted molar refractivity (Wildman–Crippen MR) is 105 cm³/mol. The summed E-state index contributed by atoms with van der Waals surface area (Å²) in [4.78, 5) is 25.1. The largest absolute Gasteiger partial charge is 0.370 e. The van der Waals surface area contributed by atoms with Gasteiger partial charge in [-0.25, -0.2) is 9.87 Å². The number of carbonyl (C=O) groups is 2. The lowest BCUT2D eigenvalue weighted by Gasteiger charge is -2.22. The van der Waals surface area contributed by atoms with Crippen LogP contribution in [0.15, 0.2) is 66.7 Å². The minimum absolute atomic E-state index is 0.00422. The van der Waals surface area contributed by atoms with Gasteiger partial charge in [0.1, 0.15) is 5.82 Å². The Morgan fingerprint density at radius 2 is 1.86 bits per heavy atom. The number of nitrogens with zero attached hydrogens (tertiary/aromatic N) is 1. The van der Waals surface area contributed by atoms with Gasteiger partial charge >= 0.3 is 0 Å². The SMILES string of the molecule is CN(Cc1ccc(C(=O)NO)c(-c2ccccc2)c1)c1cccc(F)c1C=O. The molecule has 0 aliphatic heterocycles. The zero-order valence-electron chi connectivity index (χ0n) is 15.2. The maximum absolute atomic E-state index is 13.9. The molecule has 6 heteroatoms. The molecule has 2 N–H and O–H groups in total. The van der Waals surface area contributed by atoms with Crippen molar-refractivity contribution in [3.05, 3.63) is 89.2 Å². The van der Waals surface area contributed by atoms with Crippen molar-refractivity contribution in [2.45, 2.75) is 6.54 Å². The van der Waals surface area contributed by atoms with Gasteiger partial charge in [0.05, 0.1) is 11.3 Å². The second-order valence-electron chi connectivity index (χ2n) is 6.33. The van der Waals surface area contributed by atoms with Gasteiger partial charge in [0, 0.05) is 19.2 Å².